The molecule has 0 N–H and O–H groups in total. The molecule has 0 bridgehead atoms. The molecule has 0 aliphatic carbocycles. The molecule has 21 heavy (non-hydrogen) atoms. The zero-order chi connectivity index (χ0) is 14.9. The van der Waals surface area contributed by atoms with E-state index < -0.39 is 0 Å². The van der Waals surface area contributed by atoms with E-state index in [9.17, 15) is 0 Å². The highest BCUT2D eigenvalue weighted by atomic mass is 35.5. The number of benzene rings is 1. The summed E-state index contributed by atoms with van der Waals surface area (Å²) in [5.74, 6) is 1.07. The Morgan fingerprint density at radius 1 is 1.33 bits per heavy atom. The zero-order valence-electron chi connectivity index (χ0n) is 12.3. The van der Waals surface area contributed by atoms with Crippen LogP contribution in [0, 0.1) is 5.41 Å². The van der Waals surface area contributed by atoms with Crippen LogP contribution in [-0.4, -0.2) is 16.2 Å². The Balaban J connectivity index is 2.02. The second-order valence-corrected chi connectivity index (χ2v) is 6.47. The van der Waals surface area contributed by atoms with Gasteiger partial charge in [0.15, 0.2) is 0 Å². The Morgan fingerprint density at radius 3 is 2.67 bits per heavy atom. The van der Waals surface area contributed by atoms with E-state index in [0.29, 0.717) is 0 Å². The van der Waals surface area contributed by atoms with E-state index in [-0.39, 0.29) is 5.41 Å². The van der Waals surface area contributed by atoms with Crippen LogP contribution in [0.3, 0.4) is 0 Å². The lowest BCUT2D eigenvalue weighted by Gasteiger charge is -2.22. The molecule has 3 rings (SSSR count). The van der Waals surface area contributed by atoms with Crippen LogP contribution in [-0.2, 0) is 11.2 Å². The highest BCUT2D eigenvalue weighted by Gasteiger charge is 2.34. The molecule has 0 unspecified atom stereocenters. The molecule has 0 saturated carbocycles. The van der Waals surface area contributed by atoms with Gasteiger partial charge in [0.2, 0.25) is 0 Å². The molecule has 2 aromatic rings. The highest BCUT2D eigenvalue weighted by molar-refractivity contribution is 6.30. The van der Waals surface area contributed by atoms with Gasteiger partial charge in [-0.05, 0) is 24.1 Å². The smallest absolute Gasteiger partial charge is 0.122 e. The molecule has 0 atom stereocenters. The van der Waals surface area contributed by atoms with E-state index in [2.05, 4.69) is 35.5 Å². The Hall–Kier alpha value is -1.74. The van der Waals surface area contributed by atoms with Crippen molar-refractivity contribution in [3.8, 4) is 0 Å². The molecule has 1 aliphatic heterocycles. The molecule has 1 aromatic carbocycles. The minimum absolute atomic E-state index is 0.0615. The van der Waals surface area contributed by atoms with Gasteiger partial charge in [-0.25, -0.2) is 4.98 Å². The molecule has 1 aliphatic rings. The summed E-state index contributed by atoms with van der Waals surface area (Å²) in [6.07, 6.45) is 7.43. The summed E-state index contributed by atoms with van der Waals surface area (Å²) < 4.78 is 8.01. The molecule has 1 fully saturated rings. The summed E-state index contributed by atoms with van der Waals surface area (Å²) in [6, 6.07) is 7.96. The average molecular weight is 303 g/mol. The molecule has 3 nitrogen and oxygen atoms in total. The SMILES string of the molecule is CC1(C)CCOC1=C(Cc1ccc(Cl)cc1)n1ccnc1. The summed E-state index contributed by atoms with van der Waals surface area (Å²) in [6.45, 7) is 5.24. The van der Waals surface area contributed by atoms with Gasteiger partial charge >= 0.3 is 0 Å². The van der Waals surface area contributed by atoms with Crippen LogP contribution < -0.4 is 0 Å². The van der Waals surface area contributed by atoms with Crippen molar-refractivity contribution in [3.63, 3.8) is 0 Å². The van der Waals surface area contributed by atoms with Gasteiger partial charge in [-0.2, -0.15) is 0 Å². The largest absolute Gasteiger partial charge is 0.495 e. The summed E-state index contributed by atoms with van der Waals surface area (Å²) in [5.41, 5.74) is 2.42. The van der Waals surface area contributed by atoms with Crippen molar-refractivity contribution >= 4 is 17.3 Å². The third kappa shape index (κ3) is 2.98. The van der Waals surface area contributed by atoms with E-state index >= 15 is 0 Å². The number of halogens is 1. The van der Waals surface area contributed by atoms with E-state index in [1.807, 2.05) is 24.7 Å². The van der Waals surface area contributed by atoms with Crippen molar-refractivity contribution in [3.05, 3.63) is 59.3 Å². The number of nitrogens with zero attached hydrogens (tertiary/aromatic N) is 2. The first kappa shape index (κ1) is 14.2. The topological polar surface area (TPSA) is 27.1 Å². The number of hydrogen-bond acceptors (Lipinski definition) is 2. The highest BCUT2D eigenvalue weighted by Crippen LogP contribution is 2.41. The van der Waals surface area contributed by atoms with Gasteiger partial charge in [0.05, 0.1) is 18.6 Å². The third-order valence-electron chi connectivity index (χ3n) is 3.95. The summed E-state index contributed by atoms with van der Waals surface area (Å²) in [7, 11) is 0. The average Bonchev–Trinajstić information content (AvgIpc) is 3.08. The predicted octanol–water partition coefficient (Wildman–Crippen LogP) is 4.39. The first-order valence-corrected chi connectivity index (χ1v) is 7.53. The first-order valence-electron chi connectivity index (χ1n) is 7.15. The number of ether oxygens (including phenoxy) is 1. The van der Waals surface area contributed by atoms with Crippen LogP contribution in [0.2, 0.25) is 5.02 Å². The van der Waals surface area contributed by atoms with Crippen molar-refractivity contribution in [1.82, 2.24) is 9.55 Å². The van der Waals surface area contributed by atoms with E-state index in [1.54, 1.807) is 6.20 Å². The predicted molar refractivity (Wildman–Crippen MR) is 84.9 cm³/mol. The molecule has 0 radical (unpaired) electrons. The lowest BCUT2D eigenvalue weighted by molar-refractivity contribution is 0.249. The fourth-order valence-electron chi connectivity index (χ4n) is 2.69. The van der Waals surface area contributed by atoms with Crippen molar-refractivity contribution in [2.24, 2.45) is 5.41 Å². The van der Waals surface area contributed by atoms with Crippen molar-refractivity contribution in [2.75, 3.05) is 6.61 Å². The van der Waals surface area contributed by atoms with Crippen LogP contribution in [0.15, 0.2) is 48.7 Å². The number of allylic oxidation sites excluding steroid dienone is 2. The lowest BCUT2D eigenvalue weighted by Crippen LogP contribution is -2.14. The normalized spacial score (nSPS) is 19.4. The maximum atomic E-state index is 5.97. The molecular formula is C17H19ClN2O. The Morgan fingerprint density at radius 2 is 2.10 bits per heavy atom. The van der Waals surface area contributed by atoms with E-state index in [4.69, 9.17) is 16.3 Å². The van der Waals surface area contributed by atoms with Crippen LogP contribution in [0.5, 0.6) is 0 Å². The van der Waals surface area contributed by atoms with Crippen LogP contribution in [0.4, 0.5) is 0 Å². The quantitative estimate of drug-likeness (QED) is 0.840. The molecule has 0 amide bonds. The van der Waals surface area contributed by atoms with E-state index in [1.165, 1.54) is 5.56 Å². The van der Waals surface area contributed by atoms with Gasteiger partial charge < -0.3 is 9.30 Å². The van der Waals surface area contributed by atoms with E-state index in [0.717, 1.165) is 35.9 Å². The molecule has 4 heteroatoms. The molecule has 1 aromatic heterocycles. The van der Waals surface area contributed by atoms with Gasteiger partial charge in [-0.3, -0.25) is 0 Å². The fourth-order valence-corrected chi connectivity index (χ4v) is 2.82. The van der Waals surface area contributed by atoms with Gasteiger partial charge in [0, 0.05) is 29.3 Å². The second-order valence-electron chi connectivity index (χ2n) is 6.03. The molecule has 110 valence electrons. The van der Waals surface area contributed by atoms with Gasteiger partial charge in [-0.15, -0.1) is 0 Å². The molecule has 1 saturated heterocycles. The van der Waals surface area contributed by atoms with Crippen LogP contribution in [0.25, 0.3) is 5.70 Å². The van der Waals surface area contributed by atoms with Gasteiger partial charge in [0.25, 0.3) is 0 Å². The third-order valence-corrected chi connectivity index (χ3v) is 4.20. The monoisotopic (exact) mass is 302 g/mol. The summed E-state index contributed by atoms with van der Waals surface area (Å²) in [4.78, 5) is 4.17. The maximum Gasteiger partial charge on any atom is 0.122 e. The standard InChI is InChI=1S/C17H19ClN2O/c1-17(2)7-10-21-16(17)15(20-9-8-19-12-20)11-13-3-5-14(18)6-4-13/h3-6,8-9,12H,7,10-11H2,1-2H3. The number of hydrogen-bond donors (Lipinski definition) is 0. The fraction of sp³-hybridized carbons (Fsp3) is 0.353. The zero-order valence-corrected chi connectivity index (χ0v) is 13.1. The van der Waals surface area contributed by atoms with Crippen LogP contribution >= 0.6 is 11.6 Å². The van der Waals surface area contributed by atoms with Crippen molar-refractivity contribution < 1.29 is 4.74 Å². The maximum absolute atomic E-state index is 5.97. The Kier molecular flexibility index (Phi) is 3.77. The molecule has 2 heterocycles. The van der Waals surface area contributed by atoms with Crippen molar-refractivity contribution in [2.45, 2.75) is 26.7 Å². The second kappa shape index (κ2) is 5.57. The molecule has 0 spiro atoms. The Labute approximate surface area is 130 Å². The number of aromatic nitrogens is 2. The molecular weight excluding hydrogens is 284 g/mol. The lowest BCUT2D eigenvalue weighted by atomic mass is 9.87. The number of rotatable bonds is 3. The summed E-state index contributed by atoms with van der Waals surface area (Å²) >= 11 is 5.97. The van der Waals surface area contributed by atoms with Crippen molar-refractivity contribution in [1.29, 1.82) is 0 Å². The Bertz CT molecular complexity index is 642. The minimum atomic E-state index is 0.0615. The van der Waals surface area contributed by atoms with Crippen LogP contribution in [0.1, 0.15) is 25.8 Å². The van der Waals surface area contributed by atoms with Gasteiger partial charge in [-0.1, -0.05) is 37.6 Å². The minimum Gasteiger partial charge on any atom is -0.495 e. The number of imidazole rings is 1. The van der Waals surface area contributed by atoms with Gasteiger partial charge in [0.1, 0.15) is 5.76 Å². The summed E-state index contributed by atoms with van der Waals surface area (Å²) in [5, 5.41) is 0.757. The first-order chi connectivity index (χ1) is 10.1.